The molecule has 2 heterocycles. The van der Waals surface area contributed by atoms with E-state index < -0.39 is 0 Å². The van der Waals surface area contributed by atoms with Crippen LogP contribution in [-0.4, -0.2) is 30.7 Å². The fourth-order valence-electron chi connectivity index (χ4n) is 4.17. The molecule has 0 fully saturated rings. The number of rotatable bonds is 6. The van der Waals surface area contributed by atoms with E-state index in [0.717, 1.165) is 11.1 Å². The molecule has 3 aromatic carbocycles. The number of hydrogen-bond acceptors (Lipinski definition) is 4. The van der Waals surface area contributed by atoms with Crippen LogP contribution in [0, 0.1) is 0 Å². The van der Waals surface area contributed by atoms with E-state index >= 15 is 0 Å². The van der Waals surface area contributed by atoms with Crippen LogP contribution in [-0.2, 0) is 13.1 Å². The second-order valence-corrected chi connectivity index (χ2v) is 8.80. The molecule has 5 rings (SSSR count). The van der Waals surface area contributed by atoms with Gasteiger partial charge in [0.1, 0.15) is 0 Å². The third-order valence-electron chi connectivity index (χ3n) is 5.82. The van der Waals surface area contributed by atoms with Crippen LogP contribution in [0.3, 0.4) is 0 Å². The smallest absolute Gasteiger partial charge is 0.350 e. The number of fused-ring (bicyclic) bond motifs is 3. The first-order chi connectivity index (χ1) is 16.9. The van der Waals surface area contributed by atoms with Gasteiger partial charge in [0.25, 0.3) is 11.5 Å². The van der Waals surface area contributed by atoms with Crippen molar-refractivity contribution in [1.82, 2.24) is 24.1 Å². The van der Waals surface area contributed by atoms with E-state index in [-0.39, 0.29) is 42.1 Å². The van der Waals surface area contributed by atoms with Gasteiger partial charge in [0.05, 0.1) is 24.0 Å². The summed E-state index contributed by atoms with van der Waals surface area (Å²) in [4.78, 5) is 39.8. The number of carbonyl (C=O) groups excluding carboxylic acids is 1. The quantitative estimate of drug-likeness (QED) is 0.416. The first-order valence-corrected chi connectivity index (χ1v) is 11.5. The van der Waals surface area contributed by atoms with Gasteiger partial charge in [0.2, 0.25) is 5.78 Å². The summed E-state index contributed by atoms with van der Waals surface area (Å²) in [5, 5.41) is 7.76. The first-order valence-electron chi connectivity index (χ1n) is 11.5. The number of nitrogens with zero attached hydrogens (tertiary/aromatic N) is 4. The van der Waals surface area contributed by atoms with Gasteiger partial charge in [-0.25, -0.2) is 13.9 Å². The Kier molecular flexibility index (Phi) is 5.78. The molecule has 0 radical (unpaired) electrons. The van der Waals surface area contributed by atoms with Crippen molar-refractivity contribution in [3.63, 3.8) is 0 Å². The number of carbonyl (C=O) groups is 1. The van der Waals surface area contributed by atoms with E-state index in [1.807, 2.05) is 74.5 Å². The molecule has 1 amide bonds. The minimum Gasteiger partial charge on any atom is -0.350 e. The average Bonchev–Trinajstić information content (AvgIpc) is 3.18. The maximum atomic E-state index is 13.6. The van der Waals surface area contributed by atoms with Gasteiger partial charge in [0.15, 0.2) is 0 Å². The van der Waals surface area contributed by atoms with Crippen molar-refractivity contribution >= 4 is 22.6 Å². The summed E-state index contributed by atoms with van der Waals surface area (Å²) in [6.45, 7) is 4.27. The number of aromatic nitrogens is 4. The van der Waals surface area contributed by atoms with Crippen LogP contribution in [0.1, 0.15) is 35.3 Å². The van der Waals surface area contributed by atoms with Crippen molar-refractivity contribution in [1.29, 1.82) is 0 Å². The Labute approximate surface area is 201 Å². The van der Waals surface area contributed by atoms with Crippen molar-refractivity contribution in [2.75, 3.05) is 0 Å². The van der Waals surface area contributed by atoms with Gasteiger partial charge in [-0.15, -0.1) is 5.10 Å². The molecule has 0 unspecified atom stereocenters. The topological polar surface area (TPSA) is 90.4 Å². The molecule has 0 bridgehead atoms. The van der Waals surface area contributed by atoms with Crippen molar-refractivity contribution in [2.45, 2.75) is 33.0 Å². The van der Waals surface area contributed by atoms with Gasteiger partial charge < -0.3 is 5.32 Å². The zero-order valence-corrected chi connectivity index (χ0v) is 19.5. The Balaban J connectivity index is 1.76. The Morgan fingerprint density at radius 1 is 0.886 bits per heavy atom. The number of amides is 1. The van der Waals surface area contributed by atoms with Gasteiger partial charge in [-0.1, -0.05) is 60.7 Å². The molecule has 0 saturated heterocycles. The van der Waals surface area contributed by atoms with Crippen LogP contribution in [0.4, 0.5) is 0 Å². The summed E-state index contributed by atoms with van der Waals surface area (Å²) in [6, 6.07) is 23.9. The maximum absolute atomic E-state index is 13.6. The molecule has 0 spiro atoms. The van der Waals surface area contributed by atoms with E-state index in [1.165, 1.54) is 13.6 Å². The largest absolute Gasteiger partial charge is 0.352 e. The SMILES string of the molecule is CC(C)NC(=O)c1ccc2c(=O)n(Cc3ccccc3)c3nn(Cc4ccccc4)c(=O)n3c2c1. The molecule has 5 aromatic rings. The first kappa shape index (κ1) is 22.3. The Morgan fingerprint density at radius 2 is 1.51 bits per heavy atom. The average molecular weight is 468 g/mol. The van der Waals surface area contributed by atoms with Crippen LogP contribution in [0.2, 0.25) is 0 Å². The Morgan fingerprint density at radius 3 is 2.14 bits per heavy atom. The van der Waals surface area contributed by atoms with Gasteiger partial charge >= 0.3 is 5.69 Å². The van der Waals surface area contributed by atoms with Crippen LogP contribution < -0.4 is 16.6 Å². The van der Waals surface area contributed by atoms with Crippen molar-refractivity contribution in [3.05, 3.63) is 116 Å². The molecule has 1 N–H and O–H groups in total. The molecule has 176 valence electrons. The van der Waals surface area contributed by atoms with Gasteiger partial charge in [-0.2, -0.15) is 0 Å². The number of benzene rings is 3. The van der Waals surface area contributed by atoms with Crippen molar-refractivity contribution < 1.29 is 4.79 Å². The standard InChI is InChI=1S/C27H25N5O3/c1-18(2)28-24(33)21-13-14-22-23(15-21)32-26(30(25(22)34)16-19-9-5-3-6-10-19)29-31(27(32)35)17-20-11-7-4-8-12-20/h3-15,18H,16-17H2,1-2H3,(H,28,33). The molecule has 2 aromatic heterocycles. The molecule has 0 aliphatic carbocycles. The lowest BCUT2D eigenvalue weighted by Crippen LogP contribution is -2.30. The zero-order valence-electron chi connectivity index (χ0n) is 19.5. The van der Waals surface area contributed by atoms with Gasteiger partial charge in [0, 0.05) is 11.6 Å². The van der Waals surface area contributed by atoms with E-state index in [9.17, 15) is 14.4 Å². The van der Waals surface area contributed by atoms with Crippen LogP contribution in [0.15, 0.2) is 88.5 Å². The summed E-state index contributed by atoms with van der Waals surface area (Å²) in [5.74, 6) is -0.0399. The van der Waals surface area contributed by atoms with Gasteiger partial charge in [-0.05, 0) is 43.2 Å². The highest BCUT2D eigenvalue weighted by Crippen LogP contribution is 2.16. The Hall–Kier alpha value is -4.46. The highest BCUT2D eigenvalue weighted by Gasteiger charge is 2.19. The van der Waals surface area contributed by atoms with Crippen LogP contribution >= 0.6 is 0 Å². The van der Waals surface area contributed by atoms with E-state index in [2.05, 4.69) is 10.4 Å². The molecule has 8 heteroatoms. The molecule has 0 aliphatic heterocycles. The Bertz CT molecular complexity index is 1650. The lowest BCUT2D eigenvalue weighted by Gasteiger charge is -2.12. The lowest BCUT2D eigenvalue weighted by atomic mass is 10.1. The van der Waals surface area contributed by atoms with E-state index in [1.54, 1.807) is 18.2 Å². The number of nitrogens with one attached hydrogen (secondary N) is 1. The fourth-order valence-corrected chi connectivity index (χ4v) is 4.17. The second kappa shape index (κ2) is 9.06. The fraction of sp³-hybridized carbons (Fsp3) is 0.185. The third kappa shape index (κ3) is 4.26. The second-order valence-electron chi connectivity index (χ2n) is 8.80. The molecule has 0 atom stereocenters. The summed E-state index contributed by atoms with van der Waals surface area (Å²) < 4.78 is 4.29. The van der Waals surface area contributed by atoms with Crippen LogP contribution in [0.5, 0.6) is 0 Å². The van der Waals surface area contributed by atoms with Crippen LogP contribution in [0.25, 0.3) is 16.7 Å². The van der Waals surface area contributed by atoms with Crippen molar-refractivity contribution in [3.8, 4) is 0 Å². The molecular formula is C27H25N5O3. The summed E-state index contributed by atoms with van der Waals surface area (Å²) in [5.41, 5.74) is 1.90. The summed E-state index contributed by atoms with van der Waals surface area (Å²) >= 11 is 0. The molecule has 0 aliphatic rings. The maximum Gasteiger partial charge on any atom is 0.352 e. The van der Waals surface area contributed by atoms with Crippen molar-refractivity contribution in [2.24, 2.45) is 0 Å². The van der Waals surface area contributed by atoms with E-state index in [4.69, 9.17) is 0 Å². The lowest BCUT2D eigenvalue weighted by molar-refractivity contribution is 0.0943. The molecule has 0 saturated carbocycles. The predicted octanol–water partition coefficient (Wildman–Crippen LogP) is 3.05. The number of hydrogen-bond donors (Lipinski definition) is 1. The monoisotopic (exact) mass is 467 g/mol. The molecule has 8 nitrogen and oxygen atoms in total. The summed E-state index contributed by atoms with van der Waals surface area (Å²) in [7, 11) is 0. The zero-order chi connectivity index (χ0) is 24.5. The minimum absolute atomic E-state index is 0.0477. The molecule has 35 heavy (non-hydrogen) atoms. The van der Waals surface area contributed by atoms with Gasteiger partial charge in [-0.3, -0.25) is 14.2 Å². The predicted molar refractivity (Wildman–Crippen MR) is 135 cm³/mol. The normalized spacial score (nSPS) is 11.4. The summed E-state index contributed by atoms with van der Waals surface area (Å²) in [6.07, 6.45) is 0. The van der Waals surface area contributed by atoms with E-state index in [0.29, 0.717) is 16.5 Å². The minimum atomic E-state index is -0.378. The molecular weight excluding hydrogens is 442 g/mol. The highest BCUT2D eigenvalue weighted by molar-refractivity contribution is 5.98. The highest BCUT2D eigenvalue weighted by atomic mass is 16.2. The third-order valence-corrected chi connectivity index (χ3v) is 5.82.